The third-order valence-corrected chi connectivity index (χ3v) is 5.96. The first-order valence-corrected chi connectivity index (χ1v) is 9.75. The molecule has 1 amide bonds. The zero-order chi connectivity index (χ0) is 18.1. The van der Waals surface area contributed by atoms with Gasteiger partial charge in [0.1, 0.15) is 6.61 Å². The van der Waals surface area contributed by atoms with E-state index in [1.54, 1.807) is 0 Å². The highest BCUT2D eigenvalue weighted by molar-refractivity contribution is 6.30. The van der Waals surface area contributed by atoms with Gasteiger partial charge < -0.3 is 24.6 Å². The van der Waals surface area contributed by atoms with Crippen LogP contribution in [0.1, 0.15) is 12.5 Å². The van der Waals surface area contributed by atoms with Crippen LogP contribution in [0.15, 0.2) is 18.2 Å². The predicted octanol–water partition coefficient (Wildman–Crippen LogP) is 2.35. The van der Waals surface area contributed by atoms with Crippen LogP contribution in [0, 0.1) is 11.8 Å². The molecular weight excluding hydrogens is 354 g/mol. The maximum Gasteiger partial charge on any atom is 0.410 e. The zero-order valence-corrected chi connectivity index (χ0v) is 15.9. The summed E-state index contributed by atoms with van der Waals surface area (Å²) in [5, 5.41) is 4.08. The fraction of sp³-hybridized carbons (Fsp3) is 0.632. The topological polar surface area (TPSA) is 54.0 Å². The van der Waals surface area contributed by atoms with E-state index in [-0.39, 0.29) is 18.7 Å². The lowest BCUT2D eigenvalue weighted by Gasteiger charge is -2.36. The van der Waals surface area contributed by atoms with Crippen molar-refractivity contribution >= 4 is 23.4 Å². The molecule has 6 nitrogen and oxygen atoms in total. The molecule has 3 saturated heterocycles. The molecule has 3 aliphatic rings. The van der Waals surface area contributed by atoms with E-state index in [4.69, 9.17) is 21.1 Å². The minimum Gasteiger partial charge on any atom is -0.444 e. The second kappa shape index (κ2) is 7.62. The second-order valence-electron chi connectivity index (χ2n) is 7.53. The Morgan fingerprint density at radius 3 is 2.85 bits per heavy atom. The molecule has 26 heavy (non-hydrogen) atoms. The number of nitrogens with zero attached hydrogens (tertiary/aromatic N) is 2. The van der Waals surface area contributed by atoms with Crippen LogP contribution in [0.2, 0.25) is 5.02 Å². The number of halogens is 1. The molecule has 0 saturated carbocycles. The molecule has 4 rings (SSSR count). The zero-order valence-electron chi connectivity index (χ0n) is 15.1. The van der Waals surface area contributed by atoms with Crippen LogP contribution in [0.25, 0.3) is 0 Å². The first kappa shape index (κ1) is 17.9. The summed E-state index contributed by atoms with van der Waals surface area (Å²) in [6.45, 7) is 8.19. The number of nitrogens with one attached hydrogen (secondary N) is 1. The molecule has 3 unspecified atom stereocenters. The predicted molar refractivity (Wildman–Crippen MR) is 101 cm³/mol. The number of morpholine rings is 1. The lowest BCUT2D eigenvalue weighted by Crippen LogP contribution is -2.44. The van der Waals surface area contributed by atoms with E-state index in [1.165, 1.54) is 0 Å². The van der Waals surface area contributed by atoms with Crippen molar-refractivity contribution in [1.29, 1.82) is 0 Å². The van der Waals surface area contributed by atoms with Crippen molar-refractivity contribution in [3.63, 3.8) is 0 Å². The maximum atomic E-state index is 12.5. The van der Waals surface area contributed by atoms with Crippen molar-refractivity contribution < 1.29 is 14.3 Å². The molecule has 3 heterocycles. The number of carbonyl (C=O) groups excluding carboxylic acids is 1. The summed E-state index contributed by atoms with van der Waals surface area (Å²) in [6, 6.07) is 6.03. The molecule has 7 heteroatoms. The van der Waals surface area contributed by atoms with Gasteiger partial charge in [-0.2, -0.15) is 0 Å². The summed E-state index contributed by atoms with van der Waals surface area (Å²) in [4.78, 5) is 16.6. The average molecular weight is 380 g/mol. The van der Waals surface area contributed by atoms with Gasteiger partial charge in [0.2, 0.25) is 0 Å². The molecule has 3 aliphatic heterocycles. The number of carbonyl (C=O) groups is 1. The highest BCUT2D eigenvalue weighted by atomic mass is 35.5. The number of amides is 1. The summed E-state index contributed by atoms with van der Waals surface area (Å²) >= 11 is 6.22. The van der Waals surface area contributed by atoms with Crippen molar-refractivity contribution in [3.8, 4) is 0 Å². The third-order valence-electron chi connectivity index (χ3n) is 5.72. The van der Waals surface area contributed by atoms with E-state index in [0.717, 1.165) is 44.0 Å². The lowest BCUT2D eigenvalue weighted by molar-refractivity contribution is 0.0963. The van der Waals surface area contributed by atoms with E-state index in [2.05, 4.69) is 17.1 Å². The molecule has 1 N–H and O–H groups in total. The Labute approximate surface area is 159 Å². The number of hydrogen-bond donors (Lipinski definition) is 1. The minimum atomic E-state index is -0.213. The maximum absolute atomic E-state index is 12.5. The molecule has 142 valence electrons. The minimum absolute atomic E-state index is 0.213. The van der Waals surface area contributed by atoms with Gasteiger partial charge in [0.05, 0.1) is 13.2 Å². The van der Waals surface area contributed by atoms with E-state index < -0.39 is 0 Å². The van der Waals surface area contributed by atoms with Crippen molar-refractivity contribution in [2.75, 3.05) is 50.8 Å². The monoisotopic (exact) mass is 379 g/mol. The first-order chi connectivity index (χ1) is 12.6. The third kappa shape index (κ3) is 3.63. The molecule has 1 aromatic carbocycles. The smallest absolute Gasteiger partial charge is 0.410 e. The van der Waals surface area contributed by atoms with Crippen molar-refractivity contribution in [2.24, 2.45) is 11.8 Å². The highest BCUT2D eigenvalue weighted by Gasteiger charge is 2.38. The van der Waals surface area contributed by atoms with E-state index in [9.17, 15) is 4.79 Å². The number of rotatable bonds is 3. The van der Waals surface area contributed by atoms with Gasteiger partial charge in [0.25, 0.3) is 0 Å². The number of anilines is 1. The van der Waals surface area contributed by atoms with E-state index in [0.29, 0.717) is 30.1 Å². The fourth-order valence-electron chi connectivity index (χ4n) is 4.25. The summed E-state index contributed by atoms with van der Waals surface area (Å²) in [5.74, 6) is 1.14. The fourth-order valence-corrected chi connectivity index (χ4v) is 4.41. The van der Waals surface area contributed by atoms with E-state index in [1.807, 2.05) is 23.1 Å². The van der Waals surface area contributed by atoms with Gasteiger partial charge in [0, 0.05) is 55.0 Å². The summed E-state index contributed by atoms with van der Waals surface area (Å²) in [5.41, 5.74) is 2.01. The van der Waals surface area contributed by atoms with Gasteiger partial charge in [-0.15, -0.1) is 0 Å². The SMILES string of the molecule is CC1COCCN1c1cc(Cl)ccc1COC(=O)N1CC2CNCC2C1. The average Bonchev–Trinajstić information content (AvgIpc) is 3.23. The van der Waals surface area contributed by atoms with Crippen LogP contribution in [0.5, 0.6) is 0 Å². The van der Waals surface area contributed by atoms with Gasteiger partial charge in [-0.05, 0) is 30.9 Å². The van der Waals surface area contributed by atoms with Crippen LogP contribution in [0.3, 0.4) is 0 Å². The summed E-state index contributed by atoms with van der Waals surface area (Å²) in [7, 11) is 0. The quantitative estimate of drug-likeness (QED) is 0.873. The normalized spacial score (nSPS) is 28.3. The van der Waals surface area contributed by atoms with Crippen LogP contribution >= 0.6 is 11.6 Å². The van der Waals surface area contributed by atoms with E-state index >= 15 is 0 Å². The van der Waals surface area contributed by atoms with Gasteiger partial charge in [0.15, 0.2) is 0 Å². The van der Waals surface area contributed by atoms with Crippen molar-refractivity contribution in [3.05, 3.63) is 28.8 Å². The van der Waals surface area contributed by atoms with Crippen LogP contribution in [-0.4, -0.2) is 63.0 Å². The van der Waals surface area contributed by atoms with Crippen molar-refractivity contribution in [2.45, 2.75) is 19.6 Å². The van der Waals surface area contributed by atoms with Crippen LogP contribution in [-0.2, 0) is 16.1 Å². The molecule has 0 aromatic heterocycles. The molecule has 0 aliphatic carbocycles. The molecule has 3 fully saturated rings. The van der Waals surface area contributed by atoms with Crippen LogP contribution < -0.4 is 10.2 Å². The second-order valence-corrected chi connectivity index (χ2v) is 7.96. The van der Waals surface area contributed by atoms with Crippen LogP contribution in [0.4, 0.5) is 10.5 Å². The van der Waals surface area contributed by atoms with Gasteiger partial charge in [-0.1, -0.05) is 17.7 Å². The Balaban J connectivity index is 1.42. The first-order valence-electron chi connectivity index (χ1n) is 9.37. The highest BCUT2D eigenvalue weighted by Crippen LogP contribution is 2.30. The Bertz CT molecular complexity index is 659. The number of fused-ring (bicyclic) bond motifs is 1. The molecule has 3 atom stereocenters. The summed E-state index contributed by atoms with van der Waals surface area (Å²) < 4.78 is 11.2. The Morgan fingerprint density at radius 2 is 2.12 bits per heavy atom. The Kier molecular flexibility index (Phi) is 5.25. The van der Waals surface area contributed by atoms with Gasteiger partial charge in [-0.3, -0.25) is 0 Å². The van der Waals surface area contributed by atoms with Gasteiger partial charge in [-0.25, -0.2) is 4.79 Å². The number of hydrogen-bond acceptors (Lipinski definition) is 5. The number of benzene rings is 1. The summed E-state index contributed by atoms with van der Waals surface area (Å²) in [6.07, 6.45) is -0.213. The van der Waals surface area contributed by atoms with Gasteiger partial charge >= 0.3 is 6.09 Å². The molecule has 0 radical (unpaired) electrons. The van der Waals surface area contributed by atoms with Crippen molar-refractivity contribution in [1.82, 2.24) is 10.2 Å². The number of ether oxygens (including phenoxy) is 2. The lowest BCUT2D eigenvalue weighted by atomic mass is 10.0. The Morgan fingerprint density at radius 1 is 1.35 bits per heavy atom. The standard InChI is InChI=1S/C19H26ClN3O3/c1-13-11-25-5-4-23(13)18-6-17(20)3-2-14(18)12-26-19(24)22-9-15-7-21-8-16(15)10-22/h2-3,6,13,15-16,21H,4-5,7-12H2,1H3. The Hall–Kier alpha value is -1.50. The molecule has 0 bridgehead atoms. The molecule has 1 aromatic rings. The molecule has 0 spiro atoms. The molecular formula is C19H26ClN3O3. The number of likely N-dealkylation sites (tertiary alicyclic amines) is 1. The largest absolute Gasteiger partial charge is 0.444 e.